The fourth-order valence-electron chi connectivity index (χ4n) is 4.02. The number of hydrogen-bond donors (Lipinski definition) is 0. The molecular formula is C16H14O3. The molecule has 96 valence electrons. The summed E-state index contributed by atoms with van der Waals surface area (Å²) < 4.78 is 17.7. The zero-order valence-electron chi connectivity index (χ0n) is 10.8. The lowest BCUT2D eigenvalue weighted by molar-refractivity contribution is 0.0819. The van der Waals surface area contributed by atoms with Gasteiger partial charge in [0.15, 0.2) is 0 Å². The summed E-state index contributed by atoms with van der Waals surface area (Å²) in [5.74, 6) is 0.976. The first-order valence-corrected chi connectivity index (χ1v) is 6.71. The van der Waals surface area contributed by atoms with Gasteiger partial charge in [0, 0.05) is 11.1 Å². The van der Waals surface area contributed by atoms with Crippen LogP contribution in [0.25, 0.3) is 0 Å². The van der Waals surface area contributed by atoms with Gasteiger partial charge in [0.1, 0.15) is 30.2 Å². The molecule has 5 rings (SSSR count). The highest BCUT2D eigenvalue weighted by atomic mass is 16.5. The lowest BCUT2D eigenvalue weighted by Crippen LogP contribution is -2.08. The smallest absolute Gasteiger partial charge is 0.131 e. The highest BCUT2D eigenvalue weighted by Crippen LogP contribution is 2.59. The first kappa shape index (κ1) is 10.2. The van der Waals surface area contributed by atoms with Crippen molar-refractivity contribution in [2.24, 2.45) is 0 Å². The van der Waals surface area contributed by atoms with Crippen LogP contribution in [0, 0.1) is 6.92 Å². The standard InChI is InChI=1S/C16H14O3/c1-7-12-8-3-5-10(18-8)14(12)16(17-2)15-11-6-4-9(19-11)13(7)15/h3-6,8-11H,1-2H3/t8-,9-,10-,11-/m0/s1. The van der Waals surface area contributed by atoms with Gasteiger partial charge in [-0.15, -0.1) is 0 Å². The molecule has 4 aliphatic heterocycles. The van der Waals surface area contributed by atoms with Crippen molar-refractivity contribution in [2.45, 2.75) is 31.3 Å². The zero-order valence-corrected chi connectivity index (χ0v) is 10.8. The Kier molecular flexibility index (Phi) is 1.68. The van der Waals surface area contributed by atoms with E-state index in [9.17, 15) is 0 Å². The highest BCUT2D eigenvalue weighted by Gasteiger charge is 2.46. The highest BCUT2D eigenvalue weighted by molar-refractivity contribution is 5.66. The van der Waals surface area contributed by atoms with E-state index in [0.29, 0.717) is 0 Å². The van der Waals surface area contributed by atoms with Gasteiger partial charge in [-0.3, -0.25) is 0 Å². The van der Waals surface area contributed by atoms with Gasteiger partial charge in [0.2, 0.25) is 0 Å². The number of ether oxygens (including phenoxy) is 3. The van der Waals surface area contributed by atoms with Crippen LogP contribution in [0.1, 0.15) is 52.2 Å². The summed E-state index contributed by atoms with van der Waals surface area (Å²) >= 11 is 0. The summed E-state index contributed by atoms with van der Waals surface area (Å²) in [5.41, 5.74) is 6.35. The monoisotopic (exact) mass is 254 g/mol. The SMILES string of the molecule is COc1c2c(c(C)c3c1[C@@H]1C=C[C@@H]3O1)[C@@H]1C=C[C@@H]2O1. The lowest BCUT2D eigenvalue weighted by Gasteiger charge is -2.22. The molecule has 1 aromatic rings. The summed E-state index contributed by atoms with van der Waals surface area (Å²) in [5, 5.41) is 0. The topological polar surface area (TPSA) is 27.7 Å². The molecule has 3 heteroatoms. The molecule has 4 heterocycles. The van der Waals surface area contributed by atoms with Crippen molar-refractivity contribution in [2.75, 3.05) is 7.11 Å². The van der Waals surface area contributed by atoms with Crippen LogP contribution in [-0.2, 0) is 9.47 Å². The fraction of sp³-hybridized carbons (Fsp3) is 0.375. The van der Waals surface area contributed by atoms with Gasteiger partial charge in [-0.05, 0) is 23.6 Å². The van der Waals surface area contributed by atoms with Gasteiger partial charge >= 0.3 is 0 Å². The Morgan fingerprint density at radius 3 is 1.63 bits per heavy atom. The van der Waals surface area contributed by atoms with E-state index in [-0.39, 0.29) is 24.4 Å². The minimum absolute atomic E-state index is 0.0575. The van der Waals surface area contributed by atoms with Crippen molar-refractivity contribution < 1.29 is 14.2 Å². The van der Waals surface area contributed by atoms with Crippen molar-refractivity contribution in [1.82, 2.24) is 0 Å². The molecule has 4 aliphatic rings. The molecule has 0 saturated heterocycles. The molecule has 0 unspecified atom stereocenters. The van der Waals surface area contributed by atoms with Gasteiger partial charge in [0.05, 0.1) is 7.11 Å². The molecule has 0 aliphatic carbocycles. The van der Waals surface area contributed by atoms with Crippen molar-refractivity contribution in [3.63, 3.8) is 0 Å². The molecule has 0 saturated carbocycles. The van der Waals surface area contributed by atoms with Crippen molar-refractivity contribution in [3.8, 4) is 5.75 Å². The Bertz CT molecular complexity index is 618. The Balaban J connectivity index is 1.89. The van der Waals surface area contributed by atoms with Crippen molar-refractivity contribution in [1.29, 1.82) is 0 Å². The van der Waals surface area contributed by atoms with E-state index in [1.165, 1.54) is 27.8 Å². The van der Waals surface area contributed by atoms with Crippen LogP contribution in [0.3, 0.4) is 0 Å². The lowest BCUT2D eigenvalue weighted by atomic mass is 9.82. The van der Waals surface area contributed by atoms with Crippen molar-refractivity contribution >= 4 is 0 Å². The molecule has 4 atom stereocenters. The quantitative estimate of drug-likeness (QED) is 0.719. The van der Waals surface area contributed by atoms with Crippen LogP contribution in [0.2, 0.25) is 0 Å². The van der Waals surface area contributed by atoms with Crippen LogP contribution in [0.5, 0.6) is 5.75 Å². The first-order chi connectivity index (χ1) is 9.29. The molecule has 0 fully saturated rings. The second kappa shape index (κ2) is 3.11. The second-order valence-corrected chi connectivity index (χ2v) is 5.54. The summed E-state index contributed by atoms with van der Waals surface area (Å²) in [7, 11) is 1.75. The summed E-state index contributed by atoms with van der Waals surface area (Å²) in [6.45, 7) is 2.19. The molecule has 3 nitrogen and oxygen atoms in total. The van der Waals surface area contributed by atoms with Crippen molar-refractivity contribution in [3.05, 3.63) is 52.1 Å². The van der Waals surface area contributed by atoms with E-state index >= 15 is 0 Å². The van der Waals surface area contributed by atoms with Gasteiger partial charge in [-0.25, -0.2) is 0 Å². The molecule has 4 bridgehead atoms. The fourth-order valence-corrected chi connectivity index (χ4v) is 4.02. The molecule has 0 spiro atoms. The van der Waals surface area contributed by atoms with Gasteiger partial charge in [-0.1, -0.05) is 24.3 Å². The molecule has 0 amide bonds. The van der Waals surface area contributed by atoms with E-state index in [4.69, 9.17) is 14.2 Å². The largest absolute Gasteiger partial charge is 0.496 e. The van der Waals surface area contributed by atoms with Crippen LogP contribution >= 0.6 is 0 Å². The van der Waals surface area contributed by atoms with Crippen LogP contribution in [0.4, 0.5) is 0 Å². The van der Waals surface area contributed by atoms with Gasteiger partial charge in [0.25, 0.3) is 0 Å². The molecular weight excluding hydrogens is 240 g/mol. The molecule has 0 N–H and O–H groups in total. The van der Waals surface area contributed by atoms with Crippen LogP contribution in [-0.4, -0.2) is 7.11 Å². The Labute approximate surface area is 111 Å². The van der Waals surface area contributed by atoms with E-state index in [0.717, 1.165) is 5.75 Å². The zero-order chi connectivity index (χ0) is 12.7. The van der Waals surface area contributed by atoms with E-state index < -0.39 is 0 Å². The van der Waals surface area contributed by atoms with E-state index in [1.807, 2.05) is 0 Å². The summed E-state index contributed by atoms with van der Waals surface area (Å²) in [4.78, 5) is 0. The Morgan fingerprint density at radius 2 is 1.21 bits per heavy atom. The number of rotatable bonds is 1. The Hall–Kier alpha value is -1.58. The van der Waals surface area contributed by atoms with Crippen LogP contribution in [0.15, 0.2) is 24.3 Å². The average molecular weight is 254 g/mol. The first-order valence-electron chi connectivity index (χ1n) is 6.71. The maximum Gasteiger partial charge on any atom is 0.131 e. The number of hydrogen-bond acceptors (Lipinski definition) is 3. The van der Waals surface area contributed by atoms with Gasteiger partial charge < -0.3 is 14.2 Å². The van der Waals surface area contributed by atoms with E-state index in [1.54, 1.807) is 7.11 Å². The van der Waals surface area contributed by atoms with E-state index in [2.05, 4.69) is 31.2 Å². The Morgan fingerprint density at radius 1 is 0.789 bits per heavy atom. The molecule has 0 radical (unpaired) electrons. The second-order valence-electron chi connectivity index (χ2n) is 5.54. The summed E-state index contributed by atoms with van der Waals surface area (Å²) in [6, 6.07) is 0. The maximum absolute atomic E-state index is 5.98. The maximum atomic E-state index is 5.98. The minimum atomic E-state index is 0.0575. The van der Waals surface area contributed by atoms with Crippen LogP contribution < -0.4 is 4.74 Å². The average Bonchev–Trinajstić information content (AvgIpc) is 3.18. The minimum Gasteiger partial charge on any atom is -0.496 e. The summed E-state index contributed by atoms with van der Waals surface area (Å²) in [6.07, 6.45) is 8.87. The van der Waals surface area contributed by atoms with Gasteiger partial charge in [-0.2, -0.15) is 0 Å². The predicted octanol–water partition coefficient (Wildman–Crippen LogP) is 3.37. The molecule has 0 aromatic heterocycles. The third-order valence-corrected chi connectivity index (χ3v) is 4.73. The normalized spacial score (nSPS) is 35.1. The third-order valence-electron chi connectivity index (χ3n) is 4.73. The molecule has 19 heavy (non-hydrogen) atoms. The number of benzene rings is 1. The third kappa shape index (κ3) is 1.00. The molecule has 1 aromatic carbocycles. The number of fused-ring (bicyclic) bond motifs is 10. The number of methoxy groups -OCH3 is 1. The predicted molar refractivity (Wildman–Crippen MR) is 69.1 cm³/mol.